The average Bonchev–Trinajstić information content (AvgIpc) is 3.45. The number of aryl methyl sites for hydroxylation is 2. The van der Waals surface area contributed by atoms with Crippen LogP contribution in [-0.2, 0) is 11.2 Å². The molecular weight excluding hydrogens is 466 g/mol. The fourth-order valence-electron chi connectivity index (χ4n) is 5.31. The maximum absolute atomic E-state index is 12.8. The van der Waals surface area contributed by atoms with Gasteiger partial charge in [-0.1, -0.05) is 6.07 Å². The number of amides is 1. The Hall–Kier alpha value is -4.64. The zero-order chi connectivity index (χ0) is 26.1. The van der Waals surface area contributed by atoms with E-state index in [4.69, 9.17) is 14.5 Å². The van der Waals surface area contributed by atoms with E-state index in [9.17, 15) is 10.1 Å². The molecule has 0 saturated heterocycles. The Morgan fingerprint density at radius 2 is 1.97 bits per heavy atom. The van der Waals surface area contributed by atoms with Crippen LogP contribution in [0.1, 0.15) is 46.1 Å². The topological polar surface area (TPSA) is 102 Å². The largest absolute Gasteiger partial charge is 0.493 e. The summed E-state index contributed by atoms with van der Waals surface area (Å²) in [5.41, 5.74) is 6.54. The summed E-state index contributed by atoms with van der Waals surface area (Å²) >= 11 is 0. The SMILES string of the molecule is COc1ccc2c(c1OC)CCC2n1c(/C=C/C(=O)Nc2ccncc2)c(C#N)c2c(C)cc(C)nc21. The number of hydrogen-bond donors (Lipinski definition) is 1. The molecule has 8 heteroatoms. The lowest BCUT2D eigenvalue weighted by Gasteiger charge is -2.19. The van der Waals surface area contributed by atoms with Crippen molar-refractivity contribution in [1.29, 1.82) is 5.26 Å². The summed E-state index contributed by atoms with van der Waals surface area (Å²) in [6.45, 7) is 3.94. The Labute approximate surface area is 215 Å². The number of methoxy groups -OCH3 is 2. The molecule has 0 saturated carbocycles. The van der Waals surface area contributed by atoms with E-state index in [1.54, 1.807) is 44.8 Å². The Kier molecular flexibility index (Phi) is 6.36. The summed E-state index contributed by atoms with van der Waals surface area (Å²) in [4.78, 5) is 21.6. The van der Waals surface area contributed by atoms with Crippen molar-refractivity contribution in [3.63, 3.8) is 0 Å². The van der Waals surface area contributed by atoms with Crippen LogP contribution >= 0.6 is 0 Å². The van der Waals surface area contributed by atoms with Gasteiger partial charge in [0.05, 0.1) is 31.5 Å². The van der Waals surface area contributed by atoms with Gasteiger partial charge in [-0.3, -0.25) is 9.78 Å². The van der Waals surface area contributed by atoms with Gasteiger partial charge in [0.25, 0.3) is 0 Å². The summed E-state index contributed by atoms with van der Waals surface area (Å²) in [5.74, 6) is 1.12. The van der Waals surface area contributed by atoms with Crippen LogP contribution in [0.4, 0.5) is 5.69 Å². The van der Waals surface area contributed by atoms with E-state index in [0.717, 1.165) is 52.0 Å². The van der Waals surface area contributed by atoms with Crippen molar-refractivity contribution in [2.45, 2.75) is 32.7 Å². The predicted octanol–water partition coefficient (Wildman–Crippen LogP) is 5.12. The maximum atomic E-state index is 12.8. The Morgan fingerprint density at radius 1 is 1.19 bits per heavy atom. The number of aromatic nitrogens is 3. The van der Waals surface area contributed by atoms with Crippen molar-refractivity contribution < 1.29 is 14.3 Å². The quantitative estimate of drug-likeness (QED) is 0.374. The number of nitrogens with zero attached hydrogens (tertiary/aromatic N) is 4. The highest BCUT2D eigenvalue weighted by Gasteiger charge is 2.32. The van der Waals surface area contributed by atoms with Crippen LogP contribution in [0.2, 0.25) is 0 Å². The highest BCUT2D eigenvalue weighted by atomic mass is 16.5. The molecule has 8 nitrogen and oxygen atoms in total. The highest BCUT2D eigenvalue weighted by Crippen LogP contribution is 2.46. The number of rotatable bonds is 6. The van der Waals surface area contributed by atoms with Crippen LogP contribution in [0.15, 0.2) is 48.8 Å². The summed E-state index contributed by atoms with van der Waals surface area (Å²) in [6.07, 6.45) is 7.98. The van der Waals surface area contributed by atoms with E-state index in [1.165, 1.54) is 6.08 Å². The first kappa shape index (κ1) is 24.1. The van der Waals surface area contributed by atoms with Gasteiger partial charge < -0.3 is 19.4 Å². The van der Waals surface area contributed by atoms with Crippen LogP contribution in [-0.4, -0.2) is 34.7 Å². The fraction of sp³-hybridized carbons (Fsp3) is 0.241. The number of fused-ring (bicyclic) bond motifs is 2. The molecule has 0 bridgehead atoms. The van der Waals surface area contributed by atoms with E-state index >= 15 is 0 Å². The molecule has 3 heterocycles. The summed E-state index contributed by atoms with van der Waals surface area (Å²) in [6, 6.07) is 11.7. The van der Waals surface area contributed by atoms with Crippen molar-refractivity contribution in [2.75, 3.05) is 19.5 Å². The number of pyridine rings is 2. The van der Waals surface area contributed by atoms with Crippen molar-refractivity contribution in [3.8, 4) is 17.6 Å². The standard InChI is InChI=1S/C29H27N5O3/c1-17-15-18(2)32-29-27(17)22(16-30)24(8-10-26(35)33-19-11-13-31-14-12-19)34(29)23-7-5-21-20(23)6-9-25(36-3)28(21)37-4/h6,8-15,23H,5,7H2,1-4H3,(H,31,33,35)/b10-8+. The molecule has 1 aromatic carbocycles. The van der Waals surface area contributed by atoms with Crippen LogP contribution < -0.4 is 14.8 Å². The second kappa shape index (κ2) is 9.78. The number of hydrogen-bond acceptors (Lipinski definition) is 6. The molecule has 1 aliphatic carbocycles. The lowest BCUT2D eigenvalue weighted by molar-refractivity contribution is -0.111. The van der Waals surface area contributed by atoms with Gasteiger partial charge in [0, 0.05) is 40.8 Å². The van der Waals surface area contributed by atoms with Crippen LogP contribution in [0, 0.1) is 25.2 Å². The average molecular weight is 494 g/mol. The highest BCUT2D eigenvalue weighted by molar-refractivity contribution is 6.03. The number of carbonyl (C=O) groups excluding carboxylic acids is 1. The molecule has 0 fully saturated rings. The molecule has 186 valence electrons. The molecule has 1 atom stereocenters. The van der Waals surface area contributed by atoms with E-state index in [1.807, 2.05) is 26.0 Å². The minimum atomic E-state index is -0.300. The smallest absolute Gasteiger partial charge is 0.248 e. The van der Waals surface area contributed by atoms with Gasteiger partial charge in [-0.05, 0) is 68.2 Å². The number of nitriles is 1. The molecular formula is C29H27N5O3. The van der Waals surface area contributed by atoms with E-state index in [2.05, 4.69) is 27.0 Å². The Bertz CT molecular complexity index is 1580. The summed E-state index contributed by atoms with van der Waals surface area (Å²) < 4.78 is 13.3. The molecule has 1 unspecified atom stereocenters. The molecule has 0 spiro atoms. The van der Waals surface area contributed by atoms with Gasteiger partial charge in [-0.2, -0.15) is 5.26 Å². The summed E-state index contributed by atoms with van der Waals surface area (Å²) in [5, 5.41) is 13.9. The van der Waals surface area contributed by atoms with Gasteiger partial charge in [-0.15, -0.1) is 0 Å². The normalized spacial score (nSPS) is 14.5. The van der Waals surface area contributed by atoms with Gasteiger partial charge in [0.1, 0.15) is 11.7 Å². The van der Waals surface area contributed by atoms with Gasteiger partial charge in [-0.25, -0.2) is 4.98 Å². The third-order valence-electron chi connectivity index (χ3n) is 6.79. The minimum absolute atomic E-state index is 0.0870. The van der Waals surface area contributed by atoms with Crippen molar-refractivity contribution in [2.24, 2.45) is 0 Å². The van der Waals surface area contributed by atoms with Crippen molar-refractivity contribution in [3.05, 3.63) is 82.4 Å². The third-order valence-corrected chi connectivity index (χ3v) is 6.79. The molecule has 1 amide bonds. The molecule has 1 aliphatic rings. The number of benzene rings is 1. The van der Waals surface area contributed by atoms with Gasteiger partial charge in [0.15, 0.2) is 11.5 Å². The van der Waals surface area contributed by atoms with Crippen LogP contribution in [0.5, 0.6) is 11.5 Å². The van der Waals surface area contributed by atoms with E-state index in [-0.39, 0.29) is 11.9 Å². The monoisotopic (exact) mass is 493 g/mol. The van der Waals surface area contributed by atoms with Crippen molar-refractivity contribution >= 4 is 28.7 Å². The Balaban J connectivity index is 1.68. The number of ether oxygens (including phenoxy) is 2. The first-order chi connectivity index (χ1) is 18.0. The second-order valence-corrected chi connectivity index (χ2v) is 9.00. The molecule has 0 radical (unpaired) electrons. The number of carbonyl (C=O) groups is 1. The number of anilines is 1. The first-order valence-electron chi connectivity index (χ1n) is 12.0. The van der Waals surface area contributed by atoms with E-state index < -0.39 is 0 Å². The lowest BCUT2D eigenvalue weighted by atomic mass is 10.1. The van der Waals surface area contributed by atoms with Gasteiger partial charge in [0.2, 0.25) is 5.91 Å². The molecule has 3 aromatic heterocycles. The molecule has 1 N–H and O–H groups in total. The molecule has 0 aliphatic heterocycles. The predicted molar refractivity (Wildman–Crippen MR) is 142 cm³/mol. The van der Waals surface area contributed by atoms with Gasteiger partial charge >= 0.3 is 0 Å². The zero-order valence-electron chi connectivity index (χ0n) is 21.2. The molecule has 5 rings (SSSR count). The molecule has 37 heavy (non-hydrogen) atoms. The minimum Gasteiger partial charge on any atom is -0.493 e. The first-order valence-corrected chi connectivity index (χ1v) is 12.0. The lowest BCUT2D eigenvalue weighted by Crippen LogP contribution is -2.12. The zero-order valence-corrected chi connectivity index (χ0v) is 21.2. The van der Waals surface area contributed by atoms with E-state index in [0.29, 0.717) is 22.7 Å². The maximum Gasteiger partial charge on any atom is 0.248 e. The Morgan fingerprint density at radius 3 is 2.68 bits per heavy atom. The van der Waals surface area contributed by atoms with Crippen LogP contribution in [0.3, 0.4) is 0 Å². The fourth-order valence-corrected chi connectivity index (χ4v) is 5.31. The summed E-state index contributed by atoms with van der Waals surface area (Å²) in [7, 11) is 3.28. The number of nitrogens with one attached hydrogen (secondary N) is 1. The third kappa shape index (κ3) is 4.19. The van der Waals surface area contributed by atoms with Crippen molar-refractivity contribution in [1.82, 2.24) is 14.5 Å². The molecule has 4 aromatic rings. The second-order valence-electron chi connectivity index (χ2n) is 9.00. The van der Waals surface area contributed by atoms with Crippen LogP contribution in [0.25, 0.3) is 17.1 Å².